The Morgan fingerprint density at radius 3 is 2.44 bits per heavy atom. The van der Waals surface area contributed by atoms with Crippen molar-refractivity contribution in [3.05, 3.63) is 64.9 Å². The molecule has 6 nitrogen and oxygen atoms in total. The molecule has 11 heteroatoms. The Hall–Kier alpha value is -3.31. The van der Waals surface area contributed by atoms with Gasteiger partial charge in [0.15, 0.2) is 9.84 Å². The first-order chi connectivity index (χ1) is 15.8. The van der Waals surface area contributed by atoms with Crippen LogP contribution in [0.5, 0.6) is 0 Å². The van der Waals surface area contributed by atoms with E-state index in [-0.39, 0.29) is 22.2 Å². The van der Waals surface area contributed by atoms with Gasteiger partial charge in [0.1, 0.15) is 5.71 Å². The minimum atomic E-state index is -4.82. The van der Waals surface area contributed by atoms with Gasteiger partial charge in [0.25, 0.3) is 0 Å². The van der Waals surface area contributed by atoms with Crippen molar-refractivity contribution < 1.29 is 26.4 Å². The maximum absolute atomic E-state index is 13.2. The predicted octanol–water partition coefficient (Wildman–Crippen LogP) is 5.87. The Morgan fingerprint density at radius 2 is 1.79 bits per heavy atom. The van der Waals surface area contributed by atoms with Gasteiger partial charge < -0.3 is 10.7 Å². The quantitative estimate of drug-likeness (QED) is 0.391. The SMILES string of the molecule is CC(=O)Nc1ccccc1N=C(CC(=N)C(F)(F)F)c1cc(-c2cccc(S(C)(=O)=O)c2)cs1. The smallest absolute Gasteiger partial charge is 0.324 e. The minimum absolute atomic E-state index is 0.00403. The minimum Gasteiger partial charge on any atom is -0.324 e. The fraction of sp³-hybridized carbons (Fsp3) is 0.174. The number of amides is 1. The number of sulfone groups is 1. The third-order valence-electron chi connectivity index (χ3n) is 4.64. The highest BCUT2D eigenvalue weighted by molar-refractivity contribution is 7.90. The molecule has 0 radical (unpaired) electrons. The summed E-state index contributed by atoms with van der Waals surface area (Å²) >= 11 is 1.13. The zero-order valence-corrected chi connectivity index (χ0v) is 19.7. The van der Waals surface area contributed by atoms with E-state index in [1.165, 1.54) is 19.1 Å². The molecule has 0 spiro atoms. The van der Waals surface area contributed by atoms with Crippen molar-refractivity contribution in [2.45, 2.75) is 24.4 Å². The van der Waals surface area contributed by atoms with Crippen LogP contribution in [0.25, 0.3) is 11.1 Å². The summed E-state index contributed by atoms with van der Waals surface area (Å²) < 4.78 is 63.2. The second kappa shape index (κ2) is 9.90. The van der Waals surface area contributed by atoms with Gasteiger partial charge in [0.05, 0.1) is 22.0 Å². The third kappa shape index (κ3) is 6.39. The van der Waals surface area contributed by atoms with Crippen molar-refractivity contribution in [2.24, 2.45) is 4.99 Å². The molecular weight excluding hydrogens is 487 g/mol. The Labute approximate surface area is 198 Å². The summed E-state index contributed by atoms with van der Waals surface area (Å²) in [5.41, 5.74) is 0.287. The highest BCUT2D eigenvalue weighted by Crippen LogP contribution is 2.32. The Bertz CT molecular complexity index is 1380. The lowest BCUT2D eigenvalue weighted by Crippen LogP contribution is -2.24. The lowest BCUT2D eigenvalue weighted by Gasteiger charge is -2.11. The van der Waals surface area contributed by atoms with Crippen molar-refractivity contribution in [3.63, 3.8) is 0 Å². The summed E-state index contributed by atoms with van der Waals surface area (Å²) in [4.78, 5) is 16.4. The molecule has 3 aromatic rings. The van der Waals surface area contributed by atoms with E-state index in [1.54, 1.807) is 47.8 Å². The second-order valence-corrected chi connectivity index (χ2v) is 10.3. The van der Waals surface area contributed by atoms with Gasteiger partial charge in [0, 0.05) is 24.5 Å². The van der Waals surface area contributed by atoms with Crippen molar-refractivity contribution >= 4 is 49.9 Å². The molecule has 0 bridgehead atoms. The average Bonchev–Trinajstić information content (AvgIpc) is 3.23. The third-order valence-corrected chi connectivity index (χ3v) is 6.73. The summed E-state index contributed by atoms with van der Waals surface area (Å²) in [5.74, 6) is -0.364. The summed E-state index contributed by atoms with van der Waals surface area (Å²) in [6, 6.07) is 14.2. The van der Waals surface area contributed by atoms with Gasteiger partial charge in [-0.1, -0.05) is 24.3 Å². The molecular formula is C23H20F3N3O3S2. The molecule has 0 aliphatic heterocycles. The van der Waals surface area contributed by atoms with Crippen LogP contribution >= 0.6 is 11.3 Å². The van der Waals surface area contributed by atoms with Gasteiger partial charge in [-0.2, -0.15) is 13.2 Å². The number of aliphatic imine (C=N–C) groups is 1. The van der Waals surface area contributed by atoms with Crippen LogP contribution in [0.1, 0.15) is 18.2 Å². The molecule has 0 saturated heterocycles. The fourth-order valence-corrected chi connectivity index (χ4v) is 4.58. The number of carbonyl (C=O) groups excluding carboxylic acids is 1. The van der Waals surface area contributed by atoms with E-state index in [4.69, 9.17) is 5.41 Å². The normalized spacial score (nSPS) is 12.4. The van der Waals surface area contributed by atoms with Gasteiger partial charge >= 0.3 is 6.18 Å². The number of halogens is 3. The van der Waals surface area contributed by atoms with E-state index < -0.39 is 28.1 Å². The number of rotatable bonds is 7. The fourth-order valence-electron chi connectivity index (χ4n) is 3.01. The number of benzene rings is 2. The molecule has 1 amide bonds. The molecule has 0 saturated carbocycles. The number of nitrogens with one attached hydrogen (secondary N) is 2. The Kier molecular flexibility index (Phi) is 7.37. The first-order valence-electron chi connectivity index (χ1n) is 9.83. The number of para-hydroxylation sites is 2. The van der Waals surface area contributed by atoms with Crippen LogP contribution in [0, 0.1) is 5.41 Å². The van der Waals surface area contributed by atoms with E-state index in [9.17, 15) is 26.4 Å². The summed E-state index contributed by atoms with van der Waals surface area (Å²) in [7, 11) is -3.44. The van der Waals surface area contributed by atoms with Crippen LogP contribution in [-0.4, -0.2) is 38.2 Å². The molecule has 3 rings (SSSR count). The zero-order valence-electron chi connectivity index (χ0n) is 18.1. The lowest BCUT2D eigenvalue weighted by atomic mass is 10.1. The number of carbonyl (C=O) groups is 1. The molecule has 0 aliphatic rings. The second-order valence-electron chi connectivity index (χ2n) is 7.41. The van der Waals surface area contributed by atoms with E-state index in [0.29, 0.717) is 21.7 Å². The molecule has 2 N–H and O–H groups in total. The van der Waals surface area contributed by atoms with Crippen molar-refractivity contribution in [3.8, 4) is 11.1 Å². The van der Waals surface area contributed by atoms with Crippen molar-refractivity contribution in [2.75, 3.05) is 11.6 Å². The topological polar surface area (TPSA) is 99.4 Å². The van der Waals surface area contributed by atoms with Crippen LogP contribution in [-0.2, 0) is 14.6 Å². The number of anilines is 1. The summed E-state index contributed by atoms with van der Waals surface area (Å²) in [6.45, 7) is 1.30. The van der Waals surface area contributed by atoms with Gasteiger partial charge in [0.2, 0.25) is 5.91 Å². The summed E-state index contributed by atoms with van der Waals surface area (Å²) in [6.07, 6.45) is -4.51. The number of hydrogen-bond donors (Lipinski definition) is 2. The number of hydrogen-bond acceptors (Lipinski definition) is 6. The van der Waals surface area contributed by atoms with E-state index in [1.807, 2.05) is 0 Å². The van der Waals surface area contributed by atoms with Crippen LogP contribution in [0.3, 0.4) is 0 Å². The standard InChI is InChI=1S/C23H20F3N3O3S2/c1-14(30)28-18-8-3-4-9-19(18)29-20(12-22(27)23(24,25)26)21-11-16(13-33-21)15-6-5-7-17(10-15)34(2,31)32/h3-11,13,27H,12H2,1-2H3,(H,28,30). The molecule has 34 heavy (non-hydrogen) atoms. The van der Waals surface area contributed by atoms with Crippen LogP contribution in [0.4, 0.5) is 24.5 Å². The van der Waals surface area contributed by atoms with Crippen molar-refractivity contribution in [1.29, 1.82) is 5.41 Å². The molecule has 2 aromatic carbocycles. The predicted molar refractivity (Wildman–Crippen MR) is 128 cm³/mol. The van der Waals surface area contributed by atoms with E-state index in [0.717, 1.165) is 17.6 Å². The monoisotopic (exact) mass is 507 g/mol. The number of alkyl halides is 3. The summed E-state index contributed by atoms with van der Waals surface area (Å²) in [5, 5.41) is 11.8. The van der Waals surface area contributed by atoms with Gasteiger partial charge in [-0.05, 0) is 46.8 Å². The van der Waals surface area contributed by atoms with Gasteiger partial charge in [-0.15, -0.1) is 11.3 Å². The number of nitrogens with zero attached hydrogens (tertiary/aromatic N) is 1. The molecule has 178 valence electrons. The first kappa shape index (κ1) is 25.3. The first-order valence-corrected chi connectivity index (χ1v) is 12.6. The van der Waals surface area contributed by atoms with Gasteiger partial charge in [-0.25, -0.2) is 13.4 Å². The highest BCUT2D eigenvalue weighted by Gasteiger charge is 2.35. The molecule has 0 atom stereocenters. The largest absolute Gasteiger partial charge is 0.429 e. The molecule has 0 aliphatic carbocycles. The van der Waals surface area contributed by atoms with Crippen LogP contribution in [0.15, 0.2) is 69.9 Å². The maximum atomic E-state index is 13.2. The number of thiophene rings is 1. The molecule has 0 unspecified atom stereocenters. The Balaban J connectivity index is 2.08. The molecule has 1 aromatic heterocycles. The zero-order chi connectivity index (χ0) is 25.1. The van der Waals surface area contributed by atoms with Crippen LogP contribution in [0.2, 0.25) is 0 Å². The average molecular weight is 508 g/mol. The Morgan fingerprint density at radius 1 is 1.09 bits per heavy atom. The van der Waals surface area contributed by atoms with Gasteiger partial charge in [-0.3, -0.25) is 4.79 Å². The maximum Gasteiger partial charge on any atom is 0.429 e. The molecule has 1 heterocycles. The van der Waals surface area contributed by atoms with Crippen LogP contribution < -0.4 is 5.32 Å². The molecule has 0 fully saturated rings. The van der Waals surface area contributed by atoms with E-state index >= 15 is 0 Å². The highest BCUT2D eigenvalue weighted by atomic mass is 32.2. The van der Waals surface area contributed by atoms with E-state index in [2.05, 4.69) is 10.3 Å². The lowest BCUT2D eigenvalue weighted by molar-refractivity contribution is -0.114. The van der Waals surface area contributed by atoms with Crippen molar-refractivity contribution in [1.82, 2.24) is 0 Å².